The first-order valence-corrected chi connectivity index (χ1v) is 11.2. The van der Waals surface area contributed by atoms with Crippen molar-refractivity contribution in [3.05, 3.63) is 53.0 Å². The quantitative estimate of drug-likeness (QED) is 0.367. The molecule has 33 heavy (non-hydrogen) atoms. The number of hydrogen-bond donors (Lipinski definition) is 0. The smallest absolute Gasteiger partial charge is 0.349 e. The van der Waals surface area contributed by atoms with E-state index in [0.717, 1.165) is 29.3 Å². The Bertz CT molecular complexity index is 1060. The van der Waals surface area contributed by atoms with Crippen LogP contribution >= 0.6 is 0 Å². The number of aromatic nitrogens is 2. The molecule has 0 spiro atoms. The normalized spacial score (nSPS) is 14.4. The van der Waals surface area contributed by atoms with E-state index < -0.39 is 5.97 Å². The number of amides is 1. The molecule has 0 radical (unpaired) electrons. The summed E-state index contributed by atoms with van der Waals surface area (Å²) >= 11 is 0. The van der Waals surface area contributed by atoms with Crippen LogP contribution in [0.1, 0.15) is 30.8 Å². The molecule has 0 bridgehead atoms. The molecule has 174 valence electrons. The summed E-state index contributed by atoms with van der Waals surface area (Å²) in [5.41, 5.74) is 2.74. The predicted octanol–water partition coefficient (Wildman–Crippen LogP) is 2.95. The summed E-state index contributed by atoms with van der Waals surface area (Å²) in [4.78, 5) is 33.1. The van der Waals surface area contributed by atoms with Gasteiger partial charge in [-0.05, 0) is 49.6 Å². The minimum absolute atomic E-state index is 0.118. The third-order valence-corrected chi connectivity index (χ3v) is 5.73. The number of piperazine rings is 1. The number of hydrogen-bond acceptors (Lipinski definition) is 6. The topological polar surface area (TPSA) is 91.5 Å². The Kier molecular flexibility index (Phi) is 7.88. The van der Waals surface area contributed by atoms with Crippen LogP contribution in [0, 0.1) is 31.1 Å². The molecule has 0 aliphatic carbocycles. The summed E-state index contributed by atoms with van der Waals surface area (Å²) in [7, 11) is 0. The van der Waals surface area contributed by atoms with Crippen LogP contribution in [0.2, 0.25) is 0 Å². The molecule has 1 fully saturated rings. The SMILES string of the molecule is Cc1cc(C=C(C#N)C(=O)OCC(=O)N2CCN(c3ccccn3)CC2)c(C)n1CC(C)C. The maximum Gasteiger partial charge on any atom is 0.349 e. The summed E-state index contributed by atoms with van der Waals surface area (Å²) in [6.45, 7) is 11.1. The van der Waals surface area contributed by atoms with Crippen molar-refractivity contribution in [2.45, 2.75) is 34.2 Å². The number of aryl methyl sites for hydroxylation is 1. The first-order valence-electron chi connectivity index (χ1n) is 11.2. The monoisotopic (exact) mass is 449 g/mol. The second-order valence-electron chi connectivity index (χ2n) is 8.63. The van der Waals surface area contributed by atoms with Crippen molar-refractivity contribution in [1.29, 1.82) is 5.26 Å². The van der Waals surface area contributed by atoms with Crippen molar-refractivity contribution in [2.24, 2.45) is 5.92 Å². The average Bonchev–Trinajstić information content (AvgIpc) is 3.08. The van der Waals surface area contributed by atoms with Gasteiger partial charge in [0.1, 0.15) is 17.5 Å². The molecule has 1 aliphatic rings. The molecule has 8 nitrogen and oxygen atoms in total. The first kappa shape index (κ1) is 24.1. The second-order valence-corrected chi connectivity index (χ2v) is 8.63. The number of rotatable bonds is 7. The van der Waals surface area contributed by atoms with Crippen LogP contribution in [0.15, 0.2) is 36.0 Å². The van der Waals surface area contributed by atoms with Crippen LogP contribution in [-0.4, -0.2) is 59.1 Å². The summed E-state index contributed by atoms with van der Waals surface area (Å²) in [6.07, 6.45) is 3.28. The number of nitrogens with zero attached hydrogens (tertiary/aromatic N) is 5. The van der Waals surface area contributed by atoms with Gasteiger partial charge in [0.2, 0.25) is 0 Å². The summed E-state index contributed by atoms with van der Waals surface area (Å²) in [6, 6.07) is 9.60. The molecular weight excluding hydrogens is 418 g/mol. The highest BCUT2D eigenvalue weighted by molar-refractivity contribution is 5.99. The molecule has 0 saturated carbocycles. The largest absolute Gasteiger partial charge is 0.451 e. The third-order valence-electron chi connectivity index (χ3n) is 5.73. The molecule has 2 aromatic rings. The minimum Gasteiger partial charge on any atom is -0.451 e. The number of carbonyl (C=O) groups excluding carboxylic acids is 2. The van der Waals surface area contributed by atoms with E-state index in [-0.39, 0.29) is 18.1 Å². The Hall–Kier alpha value is -3.60. The van der Waals surface area contributed by atoms with Crippen LogP contribution < -0.4 is 4.90 Å². The fraction of sp³-hybridized carbons (Fsp3) is 0.440. The van der Waals surface area contributed by atoms with Gasteiger partial charge in [-0.1, -0.05) is 19.9 Å². The summed E-state index contributed by atoms with van der Waals surface area (Å²) in [5, 5.41) is 9.49. The lowest BCUT2D eigenvalue weighted by Crippen LogP contribution is -2.50. The van der Waals surface area contributed by atoms with Crippen LogP contribution in [-0.2, 0) is 20.9 Å². The van der Waals surface area contributed by atoms with Crippen LogP contribution in [0.4, 0.5) is 5.82 Å². The molecule has 0 unspecified atom stereocenters. The molecule has 3 rings (SSSR count). The van der Waals surface area contributed by atoms with Gasteiger partial charge in [0, 0.05) is 50.3 Å². The Morgan fingerprint density at radius 2 is 1.94 bits per heavy atom. The van der Waals surface area contributed by atoms with E-state index >= 15 is 0 Å². The van der Waals surface area contributed by atoms with Gasteiger partial charge in [0.05, 0.1) is 0 Å². The highest BCUT2D eigenvalue weighted by Gasteiger charge is 2.23. The zero-order valence-electron chi connectivity index (χ0n) is 19.7. The number of carbonyl (C=O) groups is 2. The molecule has 2 aromatic heterocycles. The maximum absolute atomic E-state index is 12.5. The van der Waals surface area contributed by atoms with E-state index in [4.69, 9.17) is 4.74 Å². The Morgan fingerprint density at radius 1 is 1.21 bits per heavy atom. The van der Waals surface area contributed by atoms with Gasteiger partial charge in [0.15, 0.2) is 6.61 Å². The molecular formula is C25H31N5O3. The second kappa shape index (κ2) is 10.8. The Balaban J connectivity index is 1.56. The van der Waals surface area contributed by atoms with Gasteiger partial charge >= 0.3 is 5.97 Å². The third kappa shape index (κ3) is 6.01. The molecule has 8 heteroatoms. The predicted molar refractivity (Wildman–Crippen MR) is 126 cm³/mol. The number of pyridine rings is 1. The highest BCUT2D eigenvalue weighted by Crippen LogP contribution is 2.20. The van der Waals surface area contributed by atoms with Crippen molar-refractivity contribution < 1.29 is 14.3 Å². The standard InChI is InChI=1S/C25H31N5O3/c1-18(2)16-30-19(3)13-21(20(30)4)14-22(15-26)25(32)33-17-24(31)29-11-9-28(10-12-29)23-7-5-6-8-27-23/h5-8,13-14,18H,9-12,16-17H2,1-4H3. The summed E-state index contributed by atoms with van der Waals surface area (Å²) < 4.78 is 7.35. The van der Waals surface area contributed by atoms with E-state index in [1.165, 1.54) is 6.08 Å². The van der Waals surface area contributed by atoms with Crippen LogP contribution in [0.25, 0.3) is 6.08 Å². The molecule has 1 aliphatic heterocycles. The van der Waals surface area contributed by atoms with Crippen molar-refractivity contribution in [1.82, 2.24) is 14.5 Å². The molecule has 1 amide bonds. The zero-order valence-corrected chi connectivity index (χ0v) is 19.7. The van der Waals surface area contributed by atoms with Crippen molar-refractivity contribution in [3.8, 4) is 6.07 Å². The zero-order chi connectivity index (χ0) is 24.0. The van der Waals surface area contributed by atoms with Gasteiger partial charge < -0.3 is 19.1 Å². The number of ether oxygens (including phenoxy) is 1. The van der Waals surface area contributed by atoms with E-state index in [1.807, 2.05) is 44.2 Å². The highest BCUT2D eigenvalue weighted by atomic mass is 16.5. The van der Waals surface area contributed by atoms with Gasteiger partial charge in [-0.2, -0.15) is 5.26 Å². The number of esters is 1. The molecule has 0 aromatic carbocycles. The lowest BCUT2D eigenvalue weighted by molar-refractivity contribution is -0.148. The Morgan fingerprint density at radius 3 is 2.55 bits per heavy atom. The Labute approximate surface area is 195 Å². The van der Waals surface area contributed by atoms with E-state index in [9.17, 15) is 14.9 Å². The fourth-order valence-electron chi connectivity index (χ4n) is 3.93. The lowest BCUT2D eigenvalue weighted by Gasteiger charge is -2.35. The molecule has 0 N–H and O–H groups in total. The average molecular weight is 450 g/mol. The molecule has 0 atom stereocenters. The van der Waals surface area contributed by atoms with Crippen LogP contribution in [0.3, 0.4) is 0 Å². The number of nitriles is 1. The molecule has 1 saturated heterocycles. The first-order chi connectivity index (χ1) is 15.8. The lowest BCUT2D eigenvalue weighted by atomic mass is 10.1. The minimum atomic E-state index is -0.786. The van der Waals surface area contributed by atoms with E-state index in [2.05, 4.69) is 28.3 Å². The number of anilines is 1. The molecule has 3 heterocycles. The maximum atomic E-state index is 12.5. The van der Waals surface area contributed by atoms with Crippen molar-refractivity contribution in [3.63, 3.8) is 0 Å². The summed E-state index contributed by atoms with van der Waals surface area (Å²) in [5.74, 6) is 0.305. The van der Waals surface area contributed by atoms with E-state index in [0.29, 0.717) is 32.1 Å². The van der Waals surface area contributed by atoms with Crippen LogP contribution in [0.5, 0.6) is 0 Å². The van der Waals surface area contributed by atoms with Gasteiger partial charge in [-0.25, -0.2) is 9.78 Å². The van der Waals surface area contributed by atoms with E-state index in [1.54, 1.807) is 11.1 Å². The van der Waals surface area contributed by atoms with Gasteiger partial charge in [-0.3, -0.25) is 4.79 Å². The van der Waals surface area contributed by atoms with Gasteiger partial charge in [0.25, 0.3) is 5.91 Å². The van der Waals surface area contributed by atoms with Crippen molar-refractivity contribution >= 4 is 23.8 Å². The van der Waals surface area contributed by atoms with Crippen molar-refractivity contribution in [2.75, 3.05) is 37.7 Å². The fourth-order valence-corrected chi connectivity index (χ4v) is 3.93. The van der Waals surface area contributed by atoms with Gasteiger partial charge in [-0.15, -0.1) is 0 Å².